The van der Waals surface area contributed by atoms with E-state index in [0.717, 1.165) is 74.4 Å². The van der Waals surface area contributed by atoms with Crippen molar-refractivity contribution < 1.29 is 39.6 Å². The number of benzene rings is 7. The van der Waals surface area contributed by atoms with E-state index in [2.05, 4.69) is 29.2 Å². The Bertz CT molecular complexity index is 3490. The van der Waals surface area contributed by atoms with E-state index >= 15 is 0 Å². The standard InChI is InChI=1S/C68H49N5O8/c69-40-56(65(74)75)34-44-6-18-52(19-7-44)63(53-20-8-45(9-21-53)35-57(41-70)66(76)77)38-48-14-28-60(29-15-48)73(62-32-26-51(27-33-62)50-4-2-1-3-5-50)61-30-16-49(17-31-61)39-64(54-22-10-46(11-23-54)36-58(42-71)67(78)79)55-24-12-47(13-25-55)37-59(43-72)68(80)81/h6-39,50H,1-5H2,(H,74,75)(H,76,77)(H,78,79)(H,80,81)/b56-34+,57-35+,58-36+,59-37+. The van der Waals surface area contributed by atoms with Crippen molar-refractivity contribution in [2.75, 3.05) is 4.90 Å². The van der Waals surface area contributed by atoms with Gasteiger partial charge in [-0.2, -0.15) is 21.0 Å². The van der Waals surface area contributed by atoms with Crippen LogP contribution in [0.3, 0.4) is 0 Å². The van der Waals surface area contributed by atoms with Crippen molar-refractivity contribution in [1.82, 2.24) is 0 Å². The maximum Gasteiger partial charge on any atom is 0.346 e. The fraction of sp³-hybridized carbons (Fsp3) is 0.0882. The van der Waals surface area contributed by atoms with Crippen molar-refractivity contribution in [3.8, 4) is 24.3 Å². The van der Waals surface area contributed by atoms with Gasteiger partial charge in [-0.05, 0) is 164 Å². The molecule has 7 aromatic rings. The van der Waals surface area contributed by atoms with Crippen LogP contribution in [0.2, 0.25) is 0 Å². The summed E-state index contributed by atoms with van der Waals surface area (Å²) in [4.78, 5) is 48.5. The second kappa shape index (κ2) is 26.1. The molecule has 7 aromatic carbocycles. The molecule has 81 heavy (non-hydrogen) atoms. The van der Waals surface area contributed by atoms with Crippen molar-refractivity contribution in [2.24, 2.45) is 0 Å². The van der Waals surface area contributed by atoms with Gasteiger partial charge >= 0.3 is 23.9 Å². The van der Waals surface area contributed by atoms with E-state index in [1.807, 2.05) is 109 Å². The van der Waals surface area contributed by atoms with Gasteiger partial charge in [-0.25, -0.2) is 19.2 Å². The van der Waals surface area contributed by atoms with Crippen LogP contribution in [0.4, 0.5) is 17.1 Å². The van der Waals surface area contributed by atoms with Crippen LogP contribution in [0.5, 0.6) is 0 Å². The van der Waals surface area contributed by atoms with Crippen molar-refractivity contribution >= 4 is 88.5 Å². The van der Waals surface area contributed by atoms with Crippen LogP contribution in [-0.4, -0.2) is 44.3 Å². The Morgan fingerprint density at radius 1 is 0.346 bits per heavy atom. The Hall–Kier alpha value is -11.4. The first-order valence-corrected chi connectivity index (χ1v) is 25.6. The molecule has 1 aliphatic carbocycles. The van der Waals surface area contributed by atoms with Crippen LogP contribution < -0.4 is 4.90 Å². The van der Waals surface area contributed by atoms with Gasteiger partial charge in [0.15, 0.2) is 0 Å². The van der Waals surface area contributed by atoms with Gasteiger partial charge in [-0.3, -0.25) is 0 Å². The Kier molecular flexibility index (Phi) is 18.0. The summed E-state index contributed by atoms with van der Waals surface area (Å²) >= 11 is 0. The van der Waals surface area contributed by atoms with Gasteiger partial charge in [-0.15, -0.1) is 0 Å². The van der Waals surface area contributed by atoms with E-state index in [-0.39, 0.29) is 0 Å². The normalized spacial score (nSPS) is 12.8. The molecule has 0 amide bonds. The lowest BCUT2D eigenvalue weighted by atomic mass is 9.84. The summed E-state index contributed by atoms with van der Waals surface area (Å²) in [6.07, 6.45) is 15.2. The number of nitrogens with zero attached hydrogens (tertiary/aromatic N) is 5. The molecule has 13 nitrogen and oxygen atoms in total. The van der Waals surface area contributed by atoms with E-state index < -0.39 is 46.2 Å². The van der Waals surface area contributed by atoms with E-state index in [0.29, 0.717) is 28.2 Å². The van der Waals surface area contributed by atoms with Gasteiger partial charge in [-0.1, -0.05) is 153 Å². The second-order valence-corrected chi connectivity index (χ2v) is 18.9. The van der Waals surface area contributed by atoms with Gasteiger partial charge in [0.25, 0.3) is 0 Å². The van der Waals surface area contributed by atoms with E-state index in [4.69, 9.17) is 0 Å². The smallest absolute Gasteiger partial charge is 0.346 e. The number of carboxylic acids is 4. The minimum absolute atomic E-state index is 0.409. The molecular formula is C68H49N5O8. The molecule has 0 heterocycles. The molecule has 0 radical (unpaired) electrons. The lowest BCUT2D eigenvalue weighted by Crippen LogP contribution is -2.10. The summed E-state index contributed by atoms with van der Waals surface area (Å²) in [7, 11) is 0. The third-order valence-corrected chi connectivity index (χ3v) is 13.7. The number of nitriles is 4. The molecular weight excluding hydrogens is 1010 g/mol. The number of carbonyl (C=O) groups is 4. The maximum absolute atomic E-state index is 11.6. The minimum atomic E-state index is -1.34. The van der Waals surface area contributed by atoms with Gasteiger partial charge in [0.2, 0.25) is 0 Å². The number of anilines is 3. The zero-order valence-corrected chi connectivity index (χ0v) is 43.4. The number of hydrogen-bond donors (Lipinski definition) is 4. The summed E-state index contributed by atoms with van der Waals surface area (Å²) in [6.45, 7) is 0. The molecule has 13 heteroatoms. The van der Waals surface area contributed by atoms with Gasteiger partial charge in [0.05, 0.1) is 0 Å². The highest BCUT2D eigenvalue weighted by atomic mass is 16.4. The SMILES string of the molecule is N#C/C(=C\c1ccc(C(=Cc2ccc(N(c3ccc(C=C(c4ccc(/C=C(\C#N)C(=O)O)cc4)c4ccc(/C=C(\C#N)C(=O)O)cc4)cc3)c3ccc(C4CCCCC4)cc3)cc2)c2ccc(/C=C(\C#N)C(=O)O)cc2)cc1)C(=O)O. The van der Waals surface area contributed by atoms with Gasteiger partial charge in [0.1, 0.15) is 46.6 Å². The number of hydrogen-bond acceptors (Lipinski definition) is 9. The highest BCUT2D eigenvalue weighted by Crippen LogP contribution is 2.39. The molecule has 0 atom stereocenters. The molecule has 0 aromatic heterocycles. The van der Waals surface area contributed by atoms with Crippen molar-refractivity contribution in [3.05, 3.63) is 253 Å². The maximum atomic E-state index is 11.6. The molecule has 0 bridgehead atoms. The average molecular weight is 1060 g/mol. The highest BCUT2D eigenvalue weighted by Gasteiger charge is 2.19. The summed E-state index contributed by atoms with van der Waals surface area (Å²) in [5.41, 5.74) is 10.7. The summed E-state index contributed by atoms with van der Waals surface area (Å²) in [6, 6.07) is 60.0. The predicted octanol–water partition coefficient (Wildman–Crippen LogP) is 14.3. The third kappa shape index (κ3) is 14.2. The number of rotatable bonds is 18. The van der Waals surface area contributed by atoms with Crippen LogP contribution in [-0.2, 0) is 19.2 Å². The van der Waals surface area contributed by atoms with Crippen LogP contribution in [0.25, 0.3) is 47.6 Å². The fourth-order valence-corrected chi connectivity index (χ4v) is 9.49. The minimum Gasteiger partial charge on any atom is -0.477 e. The zero-order chi connectivity index (χ0) is 57.4. The molecule has 4 N–H and O–H groups in total. The van der Waals surface area contributed by atoms with Gasteiger partial charge in [0, 0.05) is 17.1 Å². The lowest BCUT2D eigenvalue weighted by molar-refractivity contribution is -0.133. The highest BCUT2D eigenvalue weighted by molar-refractivity contribution is 6.00. The van der Waals surface area contributed by atoms with Crippen molar-refractivity contribution in [3.63, 3.8) is 0 Å². The molecule has 1 fully saturated rings. The predicted molar refractivity (Wildman–Crippen MR) is 312 cm³/mol. The summed E-state index contributed by atoms with van der Waals surface area (Å²) in [5, 5.41) is 75.3. The molecule has 0 saturated heterocycles. The molecule has 0 spiro atoms. The van der Waals surface area contributed by atoms with Crippen LogP contribution in [0, 0.1) is 45.3 Å². The van der Waals surface area contributed by atoms with Crippen LogP contribution in [0.15, 0.2) is 192 Å². The quantitative estimate of drug-likeness (QED) is 0.0355. The van der Waals surface area contributed by atoms with Crippen molar-refractivity contribution in [1.29, 1.82) is 21.0 Å². The first-order chi connectivity index (χ1) is 39.2. The Morgan fingerprint density at radius 2 is 0.580 bits per heavy atom. The van der Waals surface area contributed by atoms with Crippen LogP contribution in [0.1, 0.15) is 99.2 Å². The van der Waals surface area contributed by atoms with Crippen LogP contribution >= 0.6 is 0 Å². The topological polar surface area (TPSA) is 248 Å². The Labute approximate surface area is 467 Å². The average Bonchev–Trinajstić information content (AvgIpc) is 3.49. The molecule has 1 aliphatic rings. The summed E-state index contributed by atoms with van der Waals surface area (Å²) in [5.74, 6) is -4.84. The molecule has 0 unspecified atom stereocenters. The first kappa shape index (κ1) is 55.8. The summed E-state index contributed by atoms with van der Waals surface area (Å²) < 4.78 is 0. The lowest BCUT2D eigenvalue weighted by Gasteiger charge is -2.27. The number of aliphatic carboxylic acids is 4. The monoisotopic (exact) mass is 1060 g/mol. The van der Waals surface area contributed by atoms with Gasteiger partial charge < -0.3 is 25.3 Å². The van der Waals surface area contributed by atoms with E-state index in [1.165, 1.54) is 49.1 Å². The second-order valence-electron chi connectivity index (χ2n) is 18.9. The molecule has 0 aliphatic heterocycles. The zero-order valence-electron chi connectivity index (χ0n) is 43.4. The molecule has 394 valence electrons. The molecule has 1 saturated carbocycles. The Balaban J connectivity index is 1.19. The fourth-order valence-electron chi connectivity index (χ4n) is 9.49. The molecule has 8 rings (SSSR count). The van der Waals surface area contributed by atoms with E-state index in [9.17, 15) is 60.7 Å². The van der Waals surface area contributed by atoms with Crippen molar-refractivity contribution in [2.45, 2.75) is 38.0 Å². The largest absolute Gasteiger partial charge is 0.477 e. The number of carboxylic acid groups (broad SMARTS) is 4. The first-order valence-electron chi connectivity index (χ1n) is 25.6. The Morgan fingerprint density at radius 3 is 0.827 bits per heavy atom. The van der Waals surface area contributed by atoms with E-state index in [1.54, 1.807) is 72.8 Å². The third-order valence-electron chi connectivity index (χ3n) is 13.7.